The Morgan fingerprint density at radius 1 is 1.24 bits per heavy atom. The van der Waals surface area contributed by atoms with Gasteiger partial charge in [0.2, 0.25) is 12.4 Å². The van der Waals surface area contributed by atoms with Gasteiger partial charge < -0.3 is 16.0 Å². The van der Waals surface area contributed by atoms with Gasteiger partial charge in [-0.1, -0.05) is 17.7 Å². The van der Waals surface area contributed by atoms with E-state index in [2.05, 4.69) is 25.2 Å². The first-order chi connectivity index (χ1) is 18.4. The molecule has 3 aromatic heterocycles. The van der Waals surface area contributed by atoms with Crippen LogP contribution in [0.1, 0.15) is 36.0 Å². The second-order valence-electron chi connectivity index (χ2n) is 9.28. The summed E-state index contributed by atoms with van der Waals surface area (Å²) < 4.78 is 1.62. The van der Waals surface area contributed by atoms with Crippen LogP contribution in [0.15, 0.2) is 47.5 Å². The summed E-state index contributed by atoms with van der Waals surface area (Å²) in [4.78, 5) is 46.5. The number of likely N-dealkylation sites (tertiary alicyclic amines) is 1. The number of nitrogen functional groups attached to an aromatic ring is 1. The monoisotopic (exact) mass is 533 g/mol. The van der Waals surface area contributed by atoms with E-state index in [1.165, 1.54) is 4.90 Å². The number of nitrogens with one attached hydrogen (secondary N) is 1. The predicted octanol–water partition coefficient (Wildman–Crippen LogP) is 2.91. The molecule has 196 valence electrons. The molecule has 1 aliphatic rings. The summed E-state index contributed by atoms with van der Waals surface area (Å²) in [6.07, 6.45) is 5.79. The van der Waals surface area contributed by atoms with Gasteiger partial charge in [-0.3, -0.25) is 24.0 Å². The fourth-order valence-electron chi connectivity index (χ4n) is 4.81. The molecule has 4 aromatic rings. The summed E-state index contributed by atoms with van der Waals surface area (Å²) in [6.45, 7) is 3.48. The van der Waals surface area contributed by atoms with Gasteiger partial charge in [-0.05, 0) is 50.6 Å². The smallest absolute Gasteiger partial charge is 0.267 e. The average molecular weight is 534 g/mol. The van der Waals surface area contributed by atoms with Crippen LogP contribution in [0.4, 0.5) is 11.8 Å². The van der Waals surface area contributed by atoms with E-state index in [1.807, 2.05) is 19.1 Å². The fourth-order valence-corrected chi connectivity index (χ4v) is 5.06. The number of carbonyl (C=O) groups excluding carboxylic acids is 1. The van der Waals surface area contributed by atoms with Crippen molar-refractivity contribution in [3.8, 4) is 5.69 Å². The number of pyridine rings is 1. The van der Waals surface area contributed by atoms with Crippen molar-refractivity contribution < 1.29 is 4.79 Å². The summed E-state index contributed by atoms with van der Waals surface area (Å²) in [5.74, 6) is 1.34. The second-order valence-corrected chi connectivity index (χ2v) is 9.69. The maximum absolute atomic E-state index is 13.8. The molecular weight excluding hydrogens is 506 g/mol. The van der Waals surface area contributed by atoms with Crippen LogP contribution in [0.25, 0.3) is 16.6 Å². The third-order valence-corrected chi connectivity index (χ3v) is 7.05. The minimum Gasteiger partial charge on any atom is -0.368 e. The number of hydrogen-bond acceptors (Lipinski definition) is 9. The van der Waals surface area contributed by atoms with Crippen LogP contribution in [0.3, 0.4) is 0 Å². The number of rotatable bonds is 8. The summed E-state index contributed by atoms with van der Waals surface area (Å²) in [6, 6.07) is 8.78. The van der Waals surface area contributed by atoms with Gasteiger partial charge in [0, 0.05) is 25.4 Å². The predicted molar refractivity (Wildman–Crippen MR) is 146 cm³/mol. The normalized spacial score (nSPS) is 15.6. The van der Waals surface area contributed by atoms with E-state index in [4.69, 9.17) is 22.3 Å². The van der Waals surface area contributed by atoms with Gasteiger partial charge in [0.15, 0.2) is 0 Å². The molecule has 4 heterocycles. The molecule has 1 atom stereocenters. The van der Waals surface area contributed by atoms with Crippen LogP contribution in [-0.4, -0.2) is 61.0 Å². The highest BCUT2D eigenvalue weighted by Crippen LogP contribution is 2.34. The fraction of sp³-hybridized carbons (Fsp3) is 0.308. The molecular formula is C26H28ClN9O2. The topological polar surface area (TPSA) is 135 Å². The molecule has 0 bridgehead atoms. The zero-order chi connectivity index (χ0) is 26.8. The minimum atomic E-state index is -0.233. The van der Waals surface area contributed by atoms with E-state index in [1.54, 1.807) is 42.2 Å². The lowest BCUT2D eigenvalue weighted by Gasteiger charge is -2.27. The van der Waals surface area contributed by atoms with Crippen molar-refractivity contribution in [3.63, 3.8) is 0 Å². The van der Waals surface area contributed by atoms with E-state index in [-0.39, 0.29) is 24.2 Å². The van der Waals surface area contributed by atoms with Crippen molar-refractivity contribution in [2.24, 2.45) is 0 Å². The highest BCUT2D eigenvalue weighted by molar-refractivity contribution is 6.35. The Hall–Kier alpha value is -4.09. The number of nitrogens with two attached hydrogens (primary N) is 1. The third kappa shape index (κ3) is 4.90. The molecule has 3 N–H and O–H groups in total. The number of hydrogen-bond donors (Lipinski definition) is 2. The maximum Gasteiger partial charge on any atom is 0.267 e. The van der Waals surface area contributed by atoms with E-state index >= 15 is 0 Å². The van der Waals surface area contributed by atoms with E-state index in [9.17, 15) is 9.59 Å². The van der Waals surface area contributed by atoms with E-state index in [0.717, 1.165) is 37.1 Å². The Bertz CT molecular complexity index is 1540. The zero-order valence-electron chi connectivity index (χ0n) is 21.1. The molecule has 1 saturated heterocycles. The summed E-state index contributed by atoms with van der Waals surface area (Å²) in [5, 5.41) is 3.88. The standard InChI is InChI=1S/C26H28ClN9O2/c1-16-20(32-26(28)33-23(16)30-14-34(2)15-37)13-35-11-5-9-21(35)24-31-19-8-3-7-18(27)22(19)25(38)36(24)17-6-4-10-29-12-17/h3-4,6-8,10,12,15,21H,5,9,11,13-14H2,1-2H3,(H3,28,30,32,33). The Kier molecular flexibility index (Phi) is 7.21. The van der Waals surface area contributed by atoms with E-state index < -0.39 is 0 Å². The maximum atomic E-state index is 13.8. The minimum absolute atomic E-state index is 0.142. The summed E-state index contributed by atoms with van der Waals surface area (Å²) >= 11 is 6.44. The Morgan fingerprint density at radius 3 is 2.84 bits per heavy atom. The van der Waals surface area contributed by atoms with Crippen molar-refractivity contribution in [2.75, 3.05) is 31.3 Å². The number of halogens is 1. The van der Waals surface area contributed by atoms with Crippen LogP contribution < -0.4 is 16.6 Å². The lowest BCUT2D eigenvalue weighted by molar-refractivity contribution is -0.116. The van der Waals surface area contributed by atoms with Crippen LogP contribution >= 0.6 is 11.6 Å². The highest BCUT2D eigenvalue weighted by atomic mass is 35.5. The van der Waals surface area contributed by atoms with Gasteiger partial charge in [0.1, 0.15) is 11.6 Å². The van der Waals surface area contributed by atoms with Crippen LogP contribution in [0, 0.1) is 6.92 Å². The lowest BCUT2D eigenvalue weighted by Crippen LogP contribution is -2.32. The SMILES string of the molecule is Cc1c(CN2CCCC2c2nc3cccc(Cl)c3c(=O)n2-c2cccnc2)nc(N)nc1NCN(C)C=O. The first-order valence-corrected chi connectivity index (χ1v) is 12.6. The number of benzene rings is 1. The van der Waals surface area contributed by atoms with Crippen molar-refractivity contribution >= 4 is 40.7 Å². The Balaban J connectivity index is 1.56. The van der Waals surface area contributed by atoms with Crippen LogP contribution in [0.2, 0.25) is 5.02 Å². The first-order valence-electron chi connectivity index (χ1n) is 12.3. The largest absolute Gasteiger partial charge is 0.368 e. The molecule has 0 radical (unpaired) electrons. The molecule has 1 aliphatic heterocycles. The van der Waals surface area contributed by atoms with Gasteiger partial charge in [-0.25, -0.2) is 9.97 Å². The molecule has 0 saturated carbocycles. The highest BCUT2D eigenvalue weighted by Gasteiger charge is 2.32. The number of amides is 1. The zero-order valence-corrected chi connectivity index (χ0v) is 21.9. The third-order valence-electron chi connectivity index (χ3n) is 6.73. The number of nitrogens with zero attached hydrogens (tertiary/aromatic N) is 7. The van der Waals surface area contributed by atoms with Gasteiger partial charge in [0.25, 0.3) is 5.56 Å². The molecule has 1 fully saturated rings. The van der Waals surface area contributed by atoms with E-state index in [0.29, 0.717) is 39.8 Å². The van der Waals surface area contributed by atoms with Crippen molar-refractivity contribution in [1.82, 2.24) is 34.3 Å². The number of fused-ring (bicyclic) bond motifs is 1. The second kappa shape index (κ2) is 10.7. The molecule has 5 rings (SSSR count). The molecule has 0 spiro atoms. The van der Waals surface area contributed by atoms with Gasteiger partial charge in [0.05, 0.1) is 46.2 Å². The average Bonchev–Trinajstić information content (AvgIpc) is 3.37. The summed E-state index contributed by atoms with van der Waals surface area (Å²) in [5.41, 5.74) is 8.59. The number of anilines is 2. The molecule has 1 aromatic carbocycles. The molecule has 1 amide bonds. The van der Waals surface area contributed by atoms with Gasteiger partial charge in [-0.15, -0.1) is 0 Å². The summed E-state index contributed by atoms with van der Waals surface area (Å²) in [7, 11) is 1.67. The van der Waals surface area contributed by atoms with Crippen molar-refractivity contribution in [1.29, 1.82) is 0 Å². The first kappa shape index (κ1) is 25.6. The number of aromatic nitrogens is 5. The molecule has 11 nitrogen and oxygen atoms in total. The van der Waals surface area contributed by atoms with Gasteiger partial charge in [-0.2, -0.15) is 4.98 Å². The Labute approximate surface area is 224 Å². The molecule has 1 unspecified atom stereocenters. The Morgan fingerprint density at radius 2 is 2.08 bits per heavy atom. The van der Waals surface area contributed by atoms with Gasteiger partial charge >= 0.3 is 0 Å². The van der Waals surface area contributed by atoms with Crippen molar-refractivity contribution in [3.05, 3.63) is 75.2 Å². The van der Waals surface area contributed by atoms with Crippen LogP contribution in [-0.2, 0) is 11.3 Å². The number of carbonyl (C=O) groups is 1. The lowest BCUT2D eigenvalue weighted by atomic mass is 10.1. The quantitative estimate of drug-likeness (QED) is 0.259. The molecule has 38 heavy (non-hydrogen) atoms. The van der Waals surface area contributed by atoms with Crippen molar-refractivity contribution in [2.45, 2.75) is 32.4 Å². The molecule has 12 heteroatoms. The van der Waals surface area contributed by atoms with Crippen LogP contribution in [0.5, 0.6) is 0 Å². The molecule has 0 aliphatic carbocycles.